The van der Waals surface area contributed by atoms with Gasteiger partial charge in [0.25, 0.3) is 5.91 Å². The predicted octanol–water partition coefficient (Wildman–Crippen LogP) is 2.58. The zero-order chi connectivity index (χ0) is 15.1. The van der Waals surface area contributed by atoms with Gasteiger partial charge in [0, 0.05) is 0 Å². The Bertz CT molecular complexity index is 626. The number of furan rings is 1. The van der Waals surface area contributed by atoms with Gasteiger partial charge in [0.1, 0.15) is 17.3 Å². The van der Waals surface area contributed by atoms with Crippen LogP contribution in [0.5, 0.6) is 11.5 Å². The highest BCUT2D eigenvalue weighted by atomic mass is 79.9. The number of ether oxygens (including phenoxy) is 2. The van der Waals surface area contributed by atoms with Crippen LogP contribution in [0.1, 0.15) is 5.76 Å². The molecule has 0 aliphatic rings. The highest BCUT2D eigenvalue weighted by Crippen LogP contribution is 2.28. The molecule has 0 aliphatic carbocycles. The maximum absolute atomic E-state index is 11.6. The average Bonchev–Trinajstić information content (AvgIpc) is 2.99. The molecule has 1 amide bonds. The van der Waals surface area contributed by atoms with E-state index < -0.39 is 0 Å². The normalized spacial score (nSPS) is 10.6. The largest absolute Gasteiger partial charge is 0.497 e. The van der Waals surface area contributed by atoms with Crippen molar-refractivity contribution in [1.82, 2.24) is 5.43 Å². The van der Waals surface area contributed by atoms with E-state index in [1.54, 1.807) is 37.4 Å². The molecule has 0 atom stereocenters. The molecule has 0 aliphatic heterocycles. The van der Waals surface area contributed by atoms with Gasteiger partial charge in [-0.15, -0.1) is 0 Å². The molecule has 1 aromatic heterocycles. The summed E-state index contributed by atoms with van der Waals surface area (Å²) < 4.78 is 16.2. The number of hydrogen-bond donors (Lipinski definition) is 1. The summed E-state index contributed by atoms with van der Waals surface area (Å²) in [5.41, 5.74) is 2.34. The third kappa shape index (κ3) is 4.64. The SMILES string of the molecule is COc1ccc(OCC(=O)N/N=C\c2ccco2)c(Br)c1. The Morgan fingerprint density at radius 2 is 2.33 bits per heavy atom. The van der Waals surface area contributed by atoms with E-state index >= 15 is 0 Å². The standard InChI is InChI=1S/C14H13BrN2O4/c1-19-10-4-5-13(12(15)7-10)21-9-14(18)17-16-8-11-3-2-6-20-11/h2-8H,9H2,1H3,(H,17,18)/b16-8-. The molecule has 7 heteroatoms. The number of amides is 1. The second-order valence-electron chi connectivity index (χ2n) is 3.89. The first kappa shape index (κ1) is 15.1. The second kappa shape index (κ2) is 7.49. The molecule has 0 spiro atoms. The van der Waals surface area contributed by atoms with Crippen LogP contribution in [0.25, 0.3) is 0 Å². The number of carbonyl (C=O) groups is 1. The van der Waals surface area contributed by atoms with Crippen molar-refractivity contribution < 1.29 is 18.7 Å². The van der Waals surface area contributed by atoms with Crippen molar-refractivity contribution in [2.45, 2.75) is 0 Å². The number of nitrogens with one attached hydrogen (secondary N) is 1. The number of nitrogens with zero attached hydrogens (tertiary/aromatic N) is 1. The van der Waals surface area contributed by atoms with Gasteiger partial charge in [-0.3, -0.25) is 4.79 Å². The summed E-state index contributed by atoms with van der Waals surface area (Å²) in [4.78, 5) is 11.6. The van der Waals surface area contributed by atoms with Gasteiger partial charge in [-0.25, -0.2) is 5.43 Å². The fraction of sp³-hybridized carbons (Fsp3) is 0.143. The Morgan fingerprint density at radius 3 is 3.00 bits per heavy atom. The second-order valence-corrected chi connectivity index (χ2v) is 4.75. The quantitative estimate of drug-likeness (QED) is 0.640. The molecule has 0 fully saturated rings. The summed E-state index contributed by atoms with van der Waals surface area (Å²) in [5.74, 6) is 1.41. The van der Waals surface area contributed by atoms with Crippen molar-refractivity contribution in [2.24, 2.45) is 5.10 Å². The Kier molecular flexibility index (Phi) is 5.39. The first-order chi connectivity index (χ1) is 10.2. The van der Waals surface area contributed by atoms with Crippen molar-refractivity contribution in [3.05, 3.63) is 46.8 Å². The average molecular weight is 353 g/mol. The van der Waals surface area contributed by atoms with E-state index in [1.807, 2.05) is 0 Å². The number of halogens is 1. The van der Waals surface area contributed by atoms with E-state index in [-0.39, 0.29) is 12.5 Å². The highest BCUT2D eigenvalue weighted by Gasteiger charge is 2.06. The number of hydrogen-bond acceptors (Lipinski definition) is 5. The number of carbonyl (C=O) groups excluding carboxylic acids is 1. The molecular weight excluding hydrogens is 340 g/mol. The molecule has 1 heterocycles. The van der Waals surface area contributed by atoms with E-state index in [0.29, 0.717) is 21.7 Å². The van der Waals surface area contributed by atoms with Crippen molar-refractivity contribution in [3.8, 4) is 11.5 Å². The Morgan fingerprint density at radius 1 is 1.48 bits per heavy atom. The number of hydrazone groups is 1. The minimum Gasteiger partial charge on any atom is -0.497 e. The Hall–Kier alpha value is -2.28. The van der Waals surface area contributed by atoms with Gasteiger partial charge in [0.15, 0.2) is 6.61 Å². The van der Waals surface area contributed by atoms with Gasteiger partial charge >= 0.3 is 0 Å². The molecule has 0 radical (unpaired) electrons. The van der Waals surface area contributed by atoms with Crippen LogP contribution in [0, 0.1) is 0 Å². The van der Waals surface area contributed by atoms with Gasteiger partial charge in [0.05, 0.1) is 24.1 Å². The Labute approximate surface area is 129 Å². The van der Waals surface area contributed by atoms with Crippen LogP contribution in [-0.4, -0.2) is 25.8 Å². The fourth-order valence-electron chi connectivity index (χ4n) is 1.43. The number of benzene rings is 1. The van der Waals surface area contributed by atoms with E-state index in [4.69, 9.17) is 13.9 Å². The lowest BCUT2D eigenvalue weighted by Gasteiger charge is -2.08. The van der Waals surface area contributed by atoms with Crippen LogP contribution < -0.4 is 14.9 Å². The number of rotatable bonds is 6. The minimum absolute atomic E-state index is 0.152. The van der Waals surface area contributed by atoms with Crippen molar-refractivity contribution in [3.63, 3.8) is 0 Å². The van der Waals surface area contributed by atoms with E-state index in [9.17, 15) is 4.79 Å². The van der Waals surface area contributed by atoms with E-state index in [2.05, 4.69) is 26.5 Å². The molecule has 110 valence electrons. The molecule has 0 bridgehead atoms. The highest BCUT2D eigenvalue weighted by molar-refractivity contribution is 9.10. The van der Waals surface area contributed by atoms with Crippen LogP contribution in [0.15, 0.2) is 50.6 Å². The van der Waals surface area contributed by atoms with E-state index in [1.165, 1.54) is 12.5 Å². The molecule has 2 rings (SSSR count). The van der Waals surface area contributed by atoms with Gasteiger partial charge in [0.2, 0.25) is 0 Å². The van der Waals surface area contributed by atoms with Gasteiger partial charge in [-0.1, -0.05) is 0 Å². The zero-order valence-electron chi connectivity index (χ0n) is 11.2. The lowest BCUT2D eigenvalue weighted by Crippen LogP contribution is -2.24. The Balaban J connectivity index is 1.81. The van der Waals surface area contributed by atoms with Gasteiger partial charge in [-0.2, -0.15) is 5.10 Å². The first-order valence-electron chi connectivity index (χ1n) is 6.01. The maximum Gasteiger partial charge on any atom is 0.277 e. The van der Waals surface area contributed by atoms with Crippen molar-refractivity contribution in [2.75, 3.05) is 13.7 Å². The minimum atomic E-state index is -0.375. The summed E-state index contributed by atoms with van der Waals surface area (Å²) in [6.45, 7) is -0.152. The lowest BCUT2D eigenvalue weighted by molar-refractivity contribution is -0.123. The van der Waals surface area contributed by atoms with Crippen LogP contribution in [-0.2, 0) is 4.79 Å². The van der Waals surface area contributed by atoms with Crippen molar-refractivity contribution >= 4 is 28.1 Å². The fourth-order valence-corrected chi connectivity index (χ4v) is 1.91. The van der Waals surface area contributed by atoms with Crippen LogP contribution >= 0.6 is 15.9 Å². The van der Waals surface area contributed by atoms with Crippen LogP contribution in [0.3, 0.4) is 0 Å². The monoisotopic (exact) mass is 352 g/mol. The number of methoxy groups -OCH3 is 1. The predicted molar refractivity (Wildman–Crippen MR) is 80.6 cm³/mol. The molecule has 21 heavy (non-hydrogen) atoms. The smallest absolute Gasteiger partial charge is 0.277 e. The summed E-state index contributed by atoms with van der Waals surface area (Å²) in [7, 11) is 1.58. The summed E-state index contributed by atoms with van der Waals surface area (Å²) in [6, 6.07) is 8.66. The van der Waals surface area contributed by atoms with E-state index in [0.717, 1.165) is 0 Å². The van der Waals surface area contributed by atoms with Gasteiger partial charge in [-0.05, 0) is 46.3 Å². The molecule has 0 saturated carbocycles. The summed E-state index contributed by atoms with van der Waals surface area (Å²) in [6.07, 6.45) is 2.93. The maximum atomic E-state index is 11.6. The summed E-state index contributed by atoms with van der Waals surface area (Å²) in [5, 5.41) is 3.75. The van der Waals surface area contributed by atoms with Gasteiger partial charge < -0.3 is 13.9 Å². The van der Waals surface area contributed by atoms with Crippen LogP contribution in [0.2, 0.25) is 0 Å². The lowest BCUT2D eigenvalue weighted by atomic mass is 10.3. The molecule has 1 N–H and O–H groups in total. The van der Waals surface area contributed by atoms with Crippen molar-refractivity contribution in [1.29, 1.82) is 0 Å². The molecule has 1 aromatic carbocycles. The third-order valence-corrected chi connectivity index (χ3v) is 3.04. The molecule has 0 unspecified atom stereocenters. The molecule has 2 aromatic rings. The molecular formula is C14H13BrN2O4. The summed E-state index contributed by atoms with van der Waals surface area (Å²) >= 11 is 3.34. The topological polar surface area (TPSA) is 73.1 Å². The third-order valence-electron chi connectivity index (χ3n) is 2.42. The molecule has 6 nitrogen and oxygen atoms in total. The molecule has 0 saturated heterocycles. The van der Waals surface area contributed by atoms with Crippen LogP contribution in [0.4, 0.5) is 0 Å². The first-order valence-corrected chi connectivity index (χ1v) is 6.80. The zero-order valence-corrected chi connectivity index (χ0v) is 12.8.